The van der Waals surface area contributed by atoms with E-state index in [-0.39, 0.29) is 0 Å². The number of nitrogens with zero attached hydrogens (tertiary/aromatic N) is 6. The highest BCUT2D eigenvalue weighted by Crippen LogP contribution is 2.38. The number of hydrogen-bond acceptors (Lipinski definition) is 3. The largest absolute Gasteiger partial charge is 0.278 e. The minimum absolute atomic E-state index is 0.858. The minimum Gasteiger partial charge on any atom is -0.278 e. The third-order valence-corrected chi connectivity index (χ3v) is 20.8. The fraction of sp³-hybridized carbons (Fsp3) is 0. The first-order valence-corrected chi connectivity index (χ1v) is 26.6. The van der Waals surface area contributed by atoms with Gasteiger partial charge in [-0.25, -0.2) is 9.97 Å². The number of hydrogen-bond donors (Lipinski definition) is 0. The molecule has 10 aromatic carbocycles. The molecule has 0 aliphatic carbocycles. The van der Waals surface area contributed by atoms with Crippen LogP contribution in [0.15, 0.2) is 243 Å². The molecule has 328 valence electrons. The summed E-state index contributed by atoms with van der Waals surface area (Å²) in [6, 6.07) is 89.1. The predicted octanol–water partition coefficient (Wildman–Crippen LogP) is 12.6. The van der Waals surface area contributed by atoms with Gasteiger partial charge in [0.25, 0.3) is 0 Å². The van der Waals surface area contributed by atoms with Gasteiger partial charge in [-0.3, -0.25) is 17.9 Å². The molecule has 0 radical (unpaired) electrons. The summed E-state index contributed by atoms with van der Waals surface area (Å²) in [4.78, 5) is 10.7. The van der Waals surface area contributed by atoms with E-state index in [2.05, 4.69) is 261 Å². The maximum atomic E-state index is 5.52. The Morgan fingerprint density at radius 3 is 1.64 bits per heavy atom. The van der Waals surface area contributed by atoms with E-state index in [1.165, 1.54) is 46.5 Å². The third-order valence-electron chi connectivity index (χ3n) is 14.5. The lowest BCUT2D eigenvalue weighted by Gasteiger charge is -2.36. The second-order valence-electron chi connectivity index (χ2n) is 18.1. The van der Waals surface area contributed by atoms with E-state index < -0.39 is 8.07 Å². The summed E-state index contributed by atoms with van der Waals surface area (Å²) in [5.74, 6) is 1.74. The molecular formula is C62H40N6SSi. The highest BCUT2D eigenvalue weighted by Gasteiger charge is 2.44. The van der Waals surface area contributed by atoms with Crippen LogP contribution in [-0.2, 0) is 0 Å². The highest BCUT2D eigenvalue weighted by molar-refractivity contribution is 7.31. The Kier molecular flexibility index (Phi) is 8.45. The van der Waals surface area contributed by atoms with Gasteiger partial charge >= 0.3 is 0 Å². The Morgan fingerprint density at radius 1 is 0.357 bits per heavy atom. The quantitative estimate of drug-likeness (QED) is 0.118. The van der Waals surface area contributed by atoms with Crippen molar-refractivity contribution in [3.8, 4) is 22.5 Å². The van der Waals surface area contributed by atoms with Gasteiger partial charge in [-0.05, 0) is 93.0 Å². The number of thiophene rings is 1. The standard InChI is InChI=1S/C62H40N6SSi/c1-3-20-42(21-4-1)70(43-22-5-2-6-23-43,59-37-19-27-47-45-25-8-17-35-57(45)69-60(47)59)58-36-18-9-26-46(58)44-24-7-11-29-50(44)66-54-33-15-16-34-55(54)68-56-40-41(38-39-49(56)64-62(66)68)65-52-31-13-14-32-53(52)67-51-30-12-10-28-48(51)63-61(65)67/h1-40H. The first-order chi connectivity index (χ1) is 34.8. The van der Waals surface area contributed by atoms with E-state index in [0.29, 0.717) is 0 Å². The van der Waals surface area contributed by atoms with Gasteiger partial charge in [0.15, 0.2) is 8.07 Å². The third kappa shape index (κ3) is 5.42. The van der Waals surface area contributed by atoms with Crippen LogP contribution < -0.4 is 20.7 Å². The molecule has 15 aromatic rings. The van der Waals surface area contributed by atoms with Gasteiger partial charge in [0, 0.05) is 25.7 Å². The molecule has 0 atom stereocenters. The van der Waals surface area contributed by atoms with Crippen molar-refractivity contribution in [2.75, 3.05) is 0 Å². The zero-order valence-corrected chi connectivity index (χ0v) is 39.5. The van der Waals surface area contributed by atoms with Crippen molar-refractivity contribution in [2.24, 2.45) is 0 Å². The van der Waals surface area contributed by atoms with Gasteiger partial charge in [-0.15, -0.1) is 11.3 Å². The van der Waals surface area contributed by atoms with Crippen molar-refractivity contribution in [3.05, 3.63) is 243 Å². The minimum atomic E-state index is -3.11. The molecule has 0 bridgehead atoms. The highest BCUT2D eigenvalue weighted by atomic mass is 32.1. The number of rotatable bonds is 7. The Bertz CT molecular complexity index is 4520. The maximum absolute atomic E-state index is 5.52. The van der Waals surface area contributed by atoms with Crippen molar-refractivity contribution in [1.29, 1.82) is 0 Å². The number of imidazole rings is 4. The molecule has 6 nitrogen and oxygen atoms in total. The van der Waals surface area contributed by atoms with E-state index in [9.17, 15) is 0 Å². The molecule has 8 heteroatoms. The second kappa shape index (κ2) is 15.1. The topological polar surface area (TPSA) is 44.5 Å². The van der Waals surface area contributed by atoms with Crippen LogP contribution in [0.1, 0.15) is 0 Å². The Hall–Kier alpha value is -8.82. The lowest BCUT2D eigenvalue weighted by Crippen LogP contribution is -2.75. The average molecular weight is 929 g/mol. The summed E-state index contributed by atoms with van der Waals surface area (Å²) in [6.45, 7) is 0. The predicted molar refractivity (Wildman–Crippen MR) is 295 cm³/mol. The number of fused-ring (bicyclic) bond motifs is 13. The molecule has 5 aromatic heterocycles. The van der Waals surface area contributed by atoms with E-state index in [4.69, 9.17) is 9.97 Å². The summed E-state index contributed by atoms with van der Waals surface area (Å²) >= 11 is 1.92. The van der Waals surface area contributed by atoms with Gasteiger partial charge < -0.3 is 0 Å². The van der Waals surface area contributed by atoms with Gasteiger partial charge in [-0.1, -0.05) is 176 Å². The molecule has 0 N–H and O–H groups in total. The Morgan fingerprint density at radius 2 is 0.886 bits per heavy atom. The van der Waals surface area contributed by atoms with Crippen LogP contribution in [-0.4, -0.2) is 36.0 Å². The molecule has 0 unspecified atom stereocenters. The number of para-hydroxylation sites is 7. The van der Waals surface area contributed by atoms with Gasteiger partial charge in [-0.2, -0.15) is 0 Å². The molecule has 0 spiro atoms. The number of aromatic nitrogens is 6. The Labute approximate surface area is 406 Å². The molecule has 70 heavy (non-hydrogen) atoms. The molecular weight excluding hydrogens is 889 g/mol. The second-order valence-corrected chi connectivity index (χ2v) is 22.9. The molecule has 0 saturated carbocycles. The fourth-order valence-electron chi connectivity index (χ4n) is 11.7. The lowest BCUT2D eigenvalue weighted by molar-refractivity contribution is 1.11. The molecule has 0 aliphatic rings. The van der Waals surface area contributed by atoms with Crippen molar-refractivity contribution in [1.82, 2.24) is 27.9 Å². The molecule has 0 amide bonds. The monoisotopic (exact) mass is 928 g/mol. The van der Waals surface area contributed by atoms with E-state index in [1.807, 2.05) is 11.3 Å². The number of benzene rings is 10. The molecule has 15 rings (SSSR count). The Balaban J connectivity index is 0.998. The average Bonchev–Trinajstić information content (AvgIpc) is 4.24. The van der Waals surface area contributed by atoms with E-state index in [1.54, 1.807) is 0 Å². The van der Waals surface area contributed by atoms with Crippen LogP contribution >= 0.6 is 11.3 Å². The van der Waals surface area contributed by atoms with Gasteiger partial charge in [0.05, 0.1) is 55.5 Å². The summed E-state index contributed by atoms with van der Waals surface area (Å²) in [6.07, 6.45) is 0. The van der Waals surface area contributed by atoms with Crippen LogP contribution in [0.4, 0.5) is 0 Å². The zero-order chi connectivity index (χ0) is 45.9. The summed E-state index contributed by atoms with van der Waals surface area (Å²) in [7, 11) is -3.11. The van der Waals surface area contributed by atoms with E-state index in [0.717, 1.165) is 72.6 Å². The van der Waals surface area contributed by atoms with Crippen LogP contribution in [0.2, 0.25) is 0 Å². The molecule has 5 heterocycles. The lowest BCUT2D eigenvalue weighted by atomic mass is 10.0. The normalized spacial score (nSPS) is 12.3. The van der Waals surface area contributed by atoms with E-state index >= 15 is 0 Å². The smallest absolute Gasteiger partial charge is 0.220 e. The summed E-state index contributed by atoms with van der Waals surface area (Å²) < 4.78 is 11.9. The maximum Gasteiger partial charge on any atom is 0.220 e. The van der Waals surface area contributed by atoms with Crippen molar-refractivity contribution >= 4 is 116 Å². The first kappa shape index (κ1) is 39.2. The van der Waals surface area contributed by atoms with Gasteiger partial charge in [0.1, 0.15) is 0 Å². The molecule has 0 aliphatic heterocycles. The fourth-order valence-corrected chi connectivity index (χ4v) is 18.4. The van der Waals surface area contributed by atoms with Gasteiger partial charge in [0.2, 0.25) is 11.6 Å². The zero-order valence-electron chi connectivity index (χ0n) is 37.7. The van der Waals surface area contributed by atoms with Crippen molar-refractivity contribution in [2.45, 2.75) is 0 Å². The van der Waals surface area contributed by atoms with Crippen LogP contribution in [0.25, 0.3) is 98.4 Å². The van der Waals surface area contributed by atoms with Crippen LogP contribution in [0, 0.1) is 0 Å². The SMILES string of the molecule is c1ccc([Si](c2ccccc2)(c2ccccc2-c2ccccc2-n2c3ccccc3n3c4cc(-n5c6ccccc6n6c7ccccc7nc56)ccc4nc23)c2cccc3c2sc2ccccc23)cc1. The first-order valence-electron chi connectivity index (χ1n) is 23.8. The van der Waals surface area contributed by atoms with Crippen LogP contribution in [0.5, 0.6) is 0 Å². The summed E-state index contributed by atoms with van der Waals surface area (Å²) in [5.41, 5.74) is 12.9. The molecule has 0 saturated heterocycles. The molecule has 0 fully saturated rings. The summed E-state index contributed by atoms with van der Waals surface area (Å²) in [5, 5.41) is 8.04. The van der Waals surface area contributed by atoms with Crippen molar-refractivity contribution in [3.63, 3.8) is 0 Å². The van der Waals surface area contributed by atoms with Crippen molar-refractivity contribution < 1.29 is 0 Å². The van der Waals surface area contributed by atoms with Crippen LogP contribution in [0.3, 0.4) is 0 Å².